The molecule has 4 rings (SSSR count). The predicted octanol–water partition coefficient (Wildman–Crippen LogP) is 1.57. The summed E-state index contributed by atoms with van der Waals surface area (Å²) >= 11 is 0. The summed E-state index contributed by atoms with van der Waals surface area (Å²) < 4.78 is 5.55. The van der Waals surface area contributed by atoms with Crippen LogP contribution in [0.3, 0.4) is 0 Å². The number of hydrogen-bond acceptors (Lipinski definition) is 4. The monoisotopic (exact) mass is 335 g/mol. The number of rotatable bonds is 3. The highest BCUT2D eigenvalue weighted by molar-refractivity contribution is 5.76. The second-order valence-electron chi connectivity index (χ2n) is 8.49. The number of likely N-dealkylation sites (tertiary alicyclic amines) is 1. The molecule has 0 radical (unpaired) electrons. The third-order valence-corrected chi connectivity index (χ3v) is 6.92. The zero-order chi connectivity index (χ0) is 16.6. The topological polar surface area (TPSA) is 36.0 Å². The Morgan fingerprint density at radius 3 is 2.62 bits per heavy atom. The van der Waals surface area contributed by atoms with Gasteiger partial charge in [-0.3, -0.25) is 14.6 Å². The van der Waals surface area contributed by atoms with Crippen molar-refractivity contribution < 1.29 is 9.53 Å². The third-order valence-electron chi connectivity index (χ3n) is 6.92. The molecule has 0 unspecified atom stereocenters. The van der Waals surface area contributed by atoms with Crippen LogP contribution in [0.4, 0.5) is 0 Å². The summed E-state index contributed by atoms with van der Waals surface area (Å²) in [4.78, 5) is 20.0. The number of piperazine rings is 1. The molecule has 1 amide bonds. The quantitative estimate of drug-likeness (QED) is 0.784. The minimum atomic E-state index is 0.199. The van der Waals surface area contributed by atoms with E-state index in [-0.39, 0.29) is 5.54 Å². The van der Waals surface area contributed by atoms with Crippen LogP contribution in [0.2, 0.25) is 0 Å². The summed E-state index contributed by atoms with van der Waals surface area (Å²) in [5.74, 6) is 1.20. The molecule has 24 heavy (non-hydrogen) atoms. The number of nitrogens with zero attached hydrogens (tertiary/aromatic N) is 3. The van der Waals surface area contributed by atoms with Crippen LogP contribution in [0.1, 0.15) is 44.9 Å². The van der Waals surface area contributed by atoms with Crippen LogP contribution in [-0.2, 0) is 9.53 Å². The summed E-state index contributed by atoms with van der Waals surface area (Å²) in [5.41, 5.74) is 0.199. The largest absolute Gasteiger partial charge is 0.381 e. The molecule has 4 aliphatic rings. The molecular weight excluding hydrogens is 302 g/mol. The summed E-state index contributed by atoms with van der Waals surface area (Å²) in [6, 6.07) is 0.686. The first-order valence-corrected chi connectivity index (χ1v) is 9.97. The molecule has 3 saturated heterocycles. The molecule has 3 heterocycles. The first kappa shape index (κ1) is 16.8. The third kappa shape index (κ3) is 3.49. The summed E-state index contributed by atoms with van der Waals surface area (Å²) in [6.07, 6.45) is 7.90. The van der Waals surface area contributed by atoms with Crippen molar-refractivity contribution in [2.45, 2.75) is 56.5 Å². The van der Waals surface area contributed by atoms with Gasteiger partial charge >= 0.3 is 0 Å². The van der Waals surface area contributed by atoms with E-state index in [1.54, 1.807) is 0 Å². The second-order valence-corrected chi connectivity index (χ2v) is 8.49. The molecule has 4 fully saturated rings. The fraction of sp³-hybridized carbons (Fsp3) is 0.947. The molecule has 0 aromatic heterocycles. The summed E-state index contributed by atoms with van der Waals surface area (Å²) in [7, 11) is 2.28. The van der Waals surface area contributed by atoms with Crippen molar-refractivity contribution in [2.75, 3.05) is 53.0 Å². The van der Waals surface area contributed by atoms with Gasteiger partial charge in [0, 0.05) is 63.9 Å². The van der Waals surface area contributed by atoms with Crippen molar-refractivity contribution in [3.63, 3.8) is 0 Å². The van der Waals surface area contributed by atoms with Crippen LogP contribution >= 0.6 is 0 Å². The molecule has 1 atom stereocenters. The number of ether oxygens (including phenoxy) is 1. The van der Waals surface area contributed by atoms with Gasteiger partial charge in [-0.1, -0.05) is 0 Å². The molecule has 136 valence electrons. The number of carbonyl (C=O) groups is 1. The van der Waals surface area contributed by atoms with Crippen molar-refractivity contribution >= 4 is 5.91 Å². The molecule has 1 spiro atoms. The van der Waals surface area contributed by atoms with Gasteiger partial charge < -0.3 is 9.64 Å². The molecule has 1 saturated carbocycles. The Hall–Kier alpha value is -0.650. The highest BCUT2D eigenvalue weighted by Crippen LogP contribution is 2.36. The lowest BCUT2D eigenvalue weighted by atomic mass is 9.85. The molecule has 0 bridgehead atoms. The Labute approximate surface area is 146 Å². The highest BCUT2D eigenvalue weighted by atomic mass is 16.5. The zero-order valence-electron chi connectivity index (χ0n) is 15.2. The first-order chi connectivity index (χ1) is 11.7. The second kappa shape index (κ2) is 6.93. The lowest BCUT2D eigenvalue weighted by molar-refractivity contribution is -0.131. The normalized spacial score (nSPS) is 34.7. The Kier molecular flexibility index (Phi) is 4.85. The Morgan fingerprint density at radius 2 is 1.88 bits per heavy atom. The SMILES string of the molecule is CN1CCN(C2CCOCC2)C[C@@]12CCC(=O)N(CC1CC1)CC2. The maximum Gasteiger partial charge on any atom is 0.222 e. The van der Waals surface area contributed by atoms with Gasteiger partial charge in [-0.05, 0) is 51.5 Å². The number of hydrogen-bond donors (Lipinski definition) is 0. The fourth-order valence-electron chi connectivity index (χ4n) is 4.89. The lowest BCUT2D eigenvalue weighted by Gasteiger charge is -2.51. The van der Waals surface area contributed by atoms with Gasteiger partial charge in [-0.2, -0.15) is 0 Å². The molecular formula is C19H33N3O2. The van der Waals surface area contributed by atoms with E-state index < -0.39 is 0 Å². The highest BCUT2D eigenvalue weighted by Gasteiger charge is 2.44. The summed E-state index contributed by atoms with van der Waals surface area (Å²) in [5, 5.41) is 0. The van der Waals surface area contributed by atoms with E-state index in [0.29, 0.717) is 11.9 Å². The van der Waals surface area contributed by atoms with Gasteiger partial charge in [0.1, 0.15) is 0 Å². The van der Waals surface area contributed by atoms with Gasteiger partial charge in [-0.25, -0.2) is 0 Å². The van der Waals surface area contributed by atoms with Crippen LogP contribution < -0.4 is 0 Å². The number of likely N-dealkylation sites (N-methyl/N-ethyl adjacent to an activating group) is 1. The van der Waals surface area contributed by atoms with E-state index in [1.165, 1.54) is 32.2 Å². The van der Waals surface area contributed by atoms with Gasteiger partial charge in [0.15, 0.2) is 0 Å². The minimum absolute atomic E-state index is 0.199. The van der Waals surface area contributed by atoms with Crippen LogP contribution in [0.25, 0.3) is 0 Å². The van der Waals surface area contributed by atoms with Gasteiger partial charge in [-0.15, -0.1) is 0 Å². The fourth-order valence-corrected chi connectivity index (χ4v) is 4.89. The van der Waals surface area contributed by atoms with Crippen molar-refractivity contribution in [1.82, 2.24) is 14.7 Å². The smallest absolute Gasteiger partial charge is 0.222 e. The Morgan fingerprint density at radius 1 is 1.08 bits per heavy atom. The predicted molar refractivity (Wildman–Crippen MR) is 93.9 cm³/mol. The maximum atomic E-state index is 12.6. The van der Waals surface area contributed by atoms with Crippen LogP contribution in [0, 0.1) is 5.92 Å². The van der Waals surface area contributed by atoms with Crippen LogP contribution in [0.5, 0.6) is 0 Å². The standard InChI is InChI=1S/C19H33N3O2/c1-20-10-11-22(17-5-12-24-13-6-17)15-19(20)7-4-18(23)21(9-8-19)14-16-2-3-16/h16-17H,2-15H2,1H3/t19-/m0/s1. The van der Waals surface area contributed by atoms with Gasteiger partial charge in [0.05, 0.1) is 0 Å². The molecule has 3 aliphatic heterocycles. The van der Waals surface area contributed by atoms with Crippen molar-refractivity contribution in [1.29, 1.82) is 0 Å². The number of amides is 1. The average molecular weight is 335 g/mol. The van der Waals surface area contributed by atoms with E-state index in [0.717, 1.165) is 64.6 Å². The minimum Gasteiger partial charge on any atom is -0.381 e. The number of carbonyl (C=O) groups excluding carboxylic acids is 1. The molecule has 0 N–H and O–H groups in total. The van der Waals surface area contributed by atoms with Gasteiger partial charge in [0.2, 0.25) is 5.91 Å². The molecule has 5 heteroatoms. The Bertz CT molecular complexity index is 462. The first-order valence-electron chi connectivity index (χ1n) is 9.97. The van der Waals surface area contributed by atoms with Crippen molar-refractivity contribution in [3.8, 4) is 0 Å². The van der Waals surface area contributed by atoms with E-state index in [9.17, 15) is 4.79 Å². The summed E-state index contributed by atoms with van der Waals surface area (Å²) in [6.45, 7) is 7.24. The Balaban J connectivity index is 1.43. The maximum absolute atomic E-state index is 12.6. The molecule has 0 aromatic carbocycles. The van der Waals surface area contributed by atoms with Crippen LogP contribution in [0.15, 0.2) is 0 Å². The van der Waals surface area contributed by atoms with Gasteiger partial charge in [0.25, 0.3) is 0 Å². The average Bonchev–Trinajstić information content (AvgIpc) is 3.44. The van der Waals surface area contributed by atoms with Crippen molar-refractivity contribution in [2.24, 2.45) is 5.92 Å². The molecule has 1 aliphatic carbocycles. The molecule has 0 aromatic rings. The zero-order valence-corrected chi connectivity index (χ0v) is 15.2. The van der Waals surface area contributed by atoms with E-state index >= 15 is 0 Å². The molecule has 5 nitrogen and oxygen atoms in total. The van der Waals surface area contributed by atoms with Crippen LogP contribution in [-0.4, -0.2) is 85.2 Å². The van der Waals surface area contributed by atoms with E-state index in [2.05, 4.69) is 21.7 Å². The van der Waals surface area contributed by atoms with Crippen molar-refractivity contribution in [3.05, 3.63) is 0 Å². The van der Waals surface area contributed by atoms with E-state index in [4.69, 9.17) is 4.74 Å². The van der Waals surface area contributed by atoms with E-state index in [1.807, 2.05) is 0 Å². The lowest BCUT2D eigenvalue weighted by Crippen LogP contribution is -2.63.